The quantitative estimate of drug-likeness (QED) is 0.246. The normalized spacial score (nSPS) is 13.8. The van der Waals surface area contributed by atoms with Gasteiger partial charge in [-0.2, -0.15) is 0 Å². The van der Waals surface area contributed by atoms with E-state index in [2.05, 4.69) is 76.3 Å². The minimum Gasteiger partial charge on any atom is -0.309 e. The van der Waals surface area contributed by atoms with E-state index in [1.54, 1.807) is 5.57 Å². The third kappa shape index (κ3) is 15.0. The smallest absolute Gasteiger partial charge is 0.0305 e. The molecule has 3 nitrogen and oxygen atoms in total. The van der Waals surface area contributed by atoms with Crippen LogP contribution in [0.5, 0.6) is 0 Å². The third-order valence-corrected chi connectivity index (χ3v) is 5.22. The highest BCUT2D eigenvalue weighted by Gasteiger charge is 2.19. The zero-order valence-electron chi connectivity index (χ0n) is 19.7. The molecule has 0 aromatic rings. The maximum absolute atomic E-state index is 4.35. The molecule has 0 aromatic heterocycles. The topological polar surface area (TPSA) is 9.72 Å². The van der Waals surface area contributed by atoms with E-state index in [9.17, 15) is 0 Å². The van der Waals surface area contributed by atoms with Gasteiger partial charge in [-0.15, -0.1) is 0 Å². The lowest BCUT2D eigenvalue weighted by atomic mass is 9.98. The van der Waals surface area contributed by atoms with Crippen molar-refractivity contribution in [2.75, 3.05) is 54.4 Å². The fourth-order valence-corrected chi connectivity index (χ4v) is 3.55. The molecule has 0 aliphatic heterocycles. The molecule has 0 N–H and O–H groups in total. The van der Waals surface area contributed by atoms with E-state index in [0.717, 1.165) is 13.1 Å². The molecule has 0 bridgehead atoms. The number of hydrogen-bond acceptors (Lipinski definition) is 3. The summed E-state index contributed by atoms with van der Waals surface area (Å²) in [5.74, 6) is 0. The van der Waals surface area contributed by atoms with Crippen LogP contribution in [0.1, 0.15) is 72.1 Å². The molecule has 0 aromatic carbocycles. The van der Waals surface area contributed by atoms with Crippen LogP contribution >= 0.6 is 0 Å². The Hall–Kier alpha value is -0.640. The highest BCUT2D eigenvalue weighted by molar-refractivity contribution is 5.06. The maximum atomic E-state index is 4.35. The van der Waals surface area contributed by atoms with Gasteiger partial charge in [0.1, 0.15) is 0 Å². The monoisotopic (exact) mass is 379 g/mol. The van der Waals surface area contributed by atoms with Crippen molar-refractivity contribution >= 4 is 0 Å². The Labute approximate surface area is 171 Å². The predicted molar refractivity (Wildman–Crippen MR) is 124 cm³/mol. The minimum atomic E-state index is 0.508. The first-order chi connectivity index (χ1) is 12.8. The van der Waals surface area contributed by atoms with E-state index in [0.29, 0.717) is 6.04 Å². The van der Waals surface area contributed by atoms with Crippen LogP contribution in [0.2, 0.25) is 0 Å². The van der Waals surface area contributed by atoms with Gasteiger partial charge in [0.2, 0.25) is 0 Å². The number of hydrogen-bond donors (Lipinski definition) is 0. The van der Waals surface area contributed by atoms with E-state index in [-0.39, 0.29) is 0 Å². The molecule has 1 atom stereocenters. The molecule has 0 aliphatic rings. The number of rotatable bonds is 17. The van der Waals surface area contributed by atoms with Crippen molar-refractivity contribution in [2.24, 2.45) is 0 Å². The molecular formula is C24H49N3. The van der Waals surface area contributed by atoms with Crippen LogP contribution in [-0.2, 0) is 0 Å². The first kappa shape index (κ1) is 26.4. The first-order valence-electron chi connectivity index (χ1n) is 11.1. The first-order valence-corrected chi connectivity index (χ1v) is 11.1. The maximum Gasteiger partial charge on any atom is 0.0305 e. The highest BCUT2D eigenvalue weighted by Crippen LogP contribution is 2.19. The largest absolute Gasteiger partial charge is 0.309 e. The Morgan fingerprint density at radius 1 is 0.852 bits per heavy atom. The second kappa shape index (κ2) is 16.3. The molecule has 0 spiro atoms. The van der Waals surface area contributed by atoms with E-state index >= 15 is 0 Å². The SMILES string of the molecule is C=C(C)C(CC/C(C)=C\CCCCC)N(CCCN(C)C)CCCN(C)C. The highest BCUT2D eigenvalue weighted by atomic mass is 15.2. The van der Waals surface area contributed by atoms with E-state index in [1.165, 1.54) is 70.0 Å². The van der Waals surface area contributed by atoms with E-state index in [1.807, 2.05) is 0 Å². The molecule has 0 aliphatic carbocycles. The molecule has 160 valence electrons. The Kier molecular flexibility index (Phi) is 15.9. The predicted octanol–water partition coefficient (Wildman–Crippen LogP) is 5.44. The molecule has 0 rings (SSSR count). The minimum absolute atomic E-state index is 0.508. The number of unbranched alkanes of at least 4 members (excludes halogenated alkanes) is 3. The van der Waals surface area contributed by atoms with Crippen molar-refractivity contribution in [1.82, 2.24) is 14.7 Å². The molecule has 27 heavy (non-hydrogen) atoms. The van der Waals surface area contributed by atoms with Gasteiger partial charge >= 0.3 is 0 Å². The van der Waals surface area contributed by atoms with Gasteiger partial charge in [0.25, 0.3) is 0 Å². The lowest BCUT2D eigenvalue weighted by molar-refractivity contribution is 0.191. The van der Waals surface area contributed by atoms with Crippen LogP contribution in [-0.4, -0.2) is 75.1 Å². The lowest BCUT2D eigenvalue weighted by Gasteiger charge is -2.33. The van der Waals surface area contributed by atoms with Crippen molar-refractivity contribution < 1.29 is 0 Å². The molecule has 3 heteroatoms. The fraction of sp³-hybridized carbons (Fsp3) is 0.833. The molecule has 0 saturated carbocycles. The van der Waals surface area contributed by atoms with Gasteiger partial charge in [0.05, 0.1) is 0 Å². The van der Waals surface area contributed by atoms with Crippen LogP contribution in [0.25, 0.3) is 0 Å². The van der Waals surface area contributed by atoms with E-state index < -0.39 is 0 Å². The van der Waals surface area contributed by atoms with Gasteiger partial charge in [-0.1, -0.05) is 43.6 Å². The van der Waals surface area contributed by atoms with Crippen molar-refractivity contribution in [1.29, 1.82) is 0 Å². The number of nitrogens with zero attached hydrogens (tertiary/aromatic N) is 3. The van der Waals surface area contributed by atoms with Crippen LogP contribution in [0.15, 0.2) is 23.8 Å². The van der Waals surface area contributed by atoms with Gasteiger partial charge in [-0.25, -0.2) is 0 Å². The van der Waals surface area contributed by atoms with Gasteiger partial charge in [-0.3, -0.25) is 4.90 Å². The molecule has 0 heterocycles. The van der Waals surface area contributed by atoms with Crippen molar-refractivity contribution in [2.45, 2.75) is 78.2 Å². The van der Waals surface area contributed by atoms with Gasteiger partial charge < -0.3 is 9.80 Å². The fourth-order valence-electron chi connectivity index (χ4n) is 3.55. The Morgan fingerprint density at radius 3 is 1.85 bits per heavy atom. The summed E-state index contributed by atoms with van der Waals surface area (Å²) in [6.07, 6.45) is 12.6. The second-order valence-electron chi connectivity index (χ2n) is 8.80. The van der Waals surface area contributed by atoms with Crippen molar-refractivity contribution in [3.8, 4) is 0 Å². The van der Waals surface area contributed by atoms with Crippen LogP contribution in [0.4, 0.5) is 0 Å². The zero-order valence-corrected chi connectivity index (χ0v) is 19.7. The Morgan fingerprint density at radius 2 is 1.41 bits per heavy atom. The summed E-state index contributed by atoms with van der Waals surface area (Å²) >= 11 is 0. The summed E-state index contributed by atoms with van der Waals surface area (Å²) in [4.78, 5) is 7.27. The summed E-state index contributed by atoms with van der Waals surface area (Å²) in [7, 11) is 8.66. The molecular weight excluding hydrogens is 330 g/mol. The summed E-state index contributed by atoms with van der Waals surface area (Å²) in [5.41, 5.74) is 2.88. The summed E-state index contributed by atoms with van der Waals surface area (Å²) in [6, 6.07) is 0.508. The van der Waals surface area contributed by atoms with Gasteiger partial charge in [-0.05, 0) is 107 Å². The van der Waals surface area contributed by atoms with E-state index in [4.69, 9.17) is 0 Å². The van der Waals surface area contributed by atoms with Crippen LogP contribution in [0, 0.1) is 0 Å². The molecule has 0 radical (unpaired) electrons. The third-order valence-electron chi connectivity index (χ3n) is 5.22. The zero-order chi connectivity index (χ0) is 20.7. The lowest BCUT2D eigenvalue weighted by Crippen LogP contribution is -2.39. The Balaban J connectivity index is 4.73. The molecule has 1 unspecified atom stereocenters. The molecule has 0 amide bonds. The average molecular weight is 380 g/mol. The Bertz CT molecular complexity index is 384. The molecule has 0 fully saturated rings. The van der Waals surface area contributed by atoms with Crippen LogP contribution in [0.3, 0.4) is 0 Å². The van der Waals surface area contributed by atoms with Crippen molar-refractivity contribution in [3.05, 3.63) is 23.8 Å². The number of allylic oxidation sites excluding steroid dienone is 2. The van der Waals surface area contributed by atoms with Gasteiger partial charge in [0, 0.05) is 6.04 Å². The molecule has 0 saturated heterocycles. The second-order valence-corrected chi connectivity index (χ2v) is 8.80. The van der Waals surface area contributed by atoms with Crippen LogP contribution < -0.4 is 0 Å². The average Bonchev–Trinajstić information content (AvgIpc) is 2.57. The van der Waals surface area contributed by atoms with Crippen molar-refractivity contribution in [3.63, 3.8) is 0 Å². The van der Waals surface area contributed by atoms with Gasteiger partial charge in [0.15, 0.2) is 0 Å². The summed E-state index contributed by atoms with van der Waals surface area (Å²) in [6.45, 7) is 15.8. The standard InChI is InChI=1S/C24H49N3/c1-9-10-11-12-15-23(4)16-17-24(22(2)3)27(20-13-18-25(5)6)21-14-19-26(7)8/h15,24H,2,9-14,16-21H2,1,3-8H3/b23-15-. The summed E-state index contributed by atoms with van der Waals surface area (Å²) in [5, 5.41) is 0. The summed E-state index contributed by atoms with van der Waals surface area (Å²) < 4.78 is 0.